The highest BCUT2D eigenvalue weighted by Crippen LogP contribution is 2.21. The van der Waals surface area contributed by atoms with E-state index in [0.29, 0.717) is 12.0 Å². The molecule has 1 amide bonds. The first-order valence-corrected chi connectivity index (χ1v) is 10.2. The molecule has 0 spiro atoms. The van der Waals surface area contributed by atoms with Gasteiger partial charge in [-0.05, 0) is 44.4 Å². The lowest BCUT2D eigenvalue weighted by Gasteiger charge is -2.24. The predicted molar refractivity (Wildman–Crippen MR) is 119 cm³/mol. The molecule has 5 heteroatoms. The van der Waals surface area contributed by atoms with Crippen molar-refractivity contribution in [3.8, 4) is 0 Å². The summed E-state index contributed by atoms with van der Waals surface area (Å²) in [6, 6.07) is 5.09. The highest BCUT2D eigenvalue weighted by Gasteiger charge is 2.11. The van der Waals surface area contributed by atoms with Crippen LogP contribution in [0.15, 0.2) is 30.5 Å². The maximum Gasteiger partial charge on any atom is 0.217 e. The van der Waals surface area contributed by atoms with Gasteiger partial charge in [0.15, 0.2) is 0 Å². The van der Waals surface area contributed by atoms with E-state index >= 15 is 0 Å². The number of hydrogen-bond acceptors (Lipinski definition) is 3. The Bertz CT molecular complexity index is 558. The van der Waals surface area contributed by atoms with Crippen LogP contribution in [0.1, 0.15) is 66.4 Å². The molecule has 0 heterocycles. The van der Waals surface area contributed by atoms with Crippen LogP contribution in [-0.4, -0.2) is 32.2 Å². The molecule has 0 fully saturated rings. The molecule has 1 rings (SSSR count). The van der Waals surface area contributed by atoms with Crippen LogP contribution >= 0.6 is 0 Å². The normalized spacial score (nSPS) is 10.6. The molecule has 0 aliphatic rings. The summed E-state index contributed by atoms with van der Waals surface area (Å²) in [6.07, 6.45) is 2.89. The van der Waals surface area contributed by atoms with Gasteiger partial charge in [-0.3, -0.25) is 4.79 Å². The number of carbonyl (C=O) groups is 1. The molecule has 1 unspecified atom stereocenters. The standard InChI is InChI=1S/C15H21FN2O.C6H14O.C2H6/c1-10-6-7-14(9-15(10)16)18(5)12(3)8-11(2)17-13(4)19;1-3-5-7-6-4-2;1-2/h6-7,9,11H,3,8H2,1-2,4-5H3,(H,17,19);3-6H2,1-2H3;1-2H3. The van der Waals surface area contributed by atoms with Gasteiger partial charge in [-0.15, -0.1) is 0 Å². The number of amides is 1. The van der Waals surface area contributed by atoms with Crippen molar-refractivity contribution in [2.75, 3.05) is 25.2 Å². The average molecular weight is 397 g/mol. The minimum atomic E-state index is -0.230. The van der Waals surface area contributed by atoms with Crippen LogP contribution in [-0.2, 0) is 9.53 Å². The highest BCUT2D eigenvalue weighted by molar-refractivity contribution is 5.73. The summed E-state index contributed by atoms with van der Waals surface area (Å²) in [5.74, 6) is -0.295. The molecule has 28 heavy (non-hydrogen) atoms. The van der Waals surface area contributed by atoms with E-state index < -0.39 is 0 Å². The Balaban J connectivity index is 0. The van der Waals surface area contributed by atoms with Crippen molar-refractivity contribution in [2.24, 2.45) is 0 Å². The first-order valence-electron chi connectivity index (χ1n) is 10.2. The monoisotopic (exact) mass is 396 g/mol. The fourth-order valence-electron chi connectivity index (χ4n) is 2.25. The fraction of sp³-hybridized carbons (Fsp3) is 0.609. The summed E-state index contributed by atoms with van der Waals surface area (Å²) in [6.45, 7) is 19.2. The first kappa shape index (κ1) is 28.3. The van der Waals surface area contributed by atoms with E-state index in [1.165, 1.54) is 13.0 Å². The van der Waals surface area contributed by atoms with Gasteiger partial charge < -0.3 is 15.0 Å². The third-order valence-electron chi connectivity index (χ3n) is 3.71. The molecular formula is C23H41FN2O2. The summed E-state index contributed by atoms with van der Waals surface area (Å²) in [4.78, 5) is 12.8. The lowest BCUT2D eigenvalue weighted by atomic mass is 10.1. The first-order chi connectivity index (χ1) is 13.2. The third kappa shape index (κ3) is 13.3. The van der Waals surface area contributed by atoms with Crippen molar-refractivity contribution in [3.63, 3.8) is 0 Å². The van der Waals surface area contributed by atoms with Crippen LogP contribution in [0.2, 0.25) is 0 Å². The fourth-order valence-corrected chi connectivity index (χ4v) is 2.25. The van der Waals surface area contributed by atoms with Crippen molar-refractivity contribution in [2.45, 2.75) is 73.8 Å². The van der Waals surface area contributed by atoms with Crippen LogP contribution < -0.4 is 10.2 Å². The molecule has 0 saturated carbocycles. The summed E-state index contributed by atoms with van der Waals surface area (Å²) in [5.41, 5.74) is 2.20. The second-order valence-corrected chi connectivity index (χ2v) is 6.48. The van der Waals surface area contributed by atoms with Crippen molar-refractivity contribution in [1.82, 2.24) is 5.32 Å². The Kier molecular flexibility index (Phi) is 17.4. The van der Waals surface area contributed by atoms with Gasteiger partial charge in [0.25, 0.3) is 0 Å². The Morgan fingerprint density at radius 3 is 2.21 bits per heavy atom. The van der Waals surface area contributed by atoms with E-state index in [1.807, 2.05) is 38.8 Å². The molecular weight excluding hydrogens is 355 g/mol. The molecule has 162 valence electrons. The van der Waals surface area contributed by atoms with Crippen LogP contribution in [0.3, 0.4) is 0 Å². The second-order valence-electron chi connectivity index (χ2n) is 6.48. The molecule has 0 aliphatic heterocycles. The van der Waals surface area contributed by atoms with Gasteiger partial charge in [0, 0.05) is 51.0 Å². The van der Waals surface area contributed by atoms with E-state index in [1.54, 1.807) is 13.0 Å². The third-order valence-corrected chi connectivity index (χ3v) is 3.71. The van der Waals surface area contributed by atoms with Crippen LogP contribution in [0, 0.1) is 12.7 Å². The van der Waals surface area contributed by atoms with Gasteiger partial charge in [-0.2, -0.15) is 0 Å². The van der Waals surface area contributed by atoms with E-state index in [2.05, 4.69) is 25.7 Å². The Morgan fingerprint density at radius 1 is 1.25 bits per heavy atom. The second kappa shape index (κ2) is 17.2. The van der Waals surface area contributed by atoms with Gasteiger partial charge in [0.2, 0.25) is 5.91 Å². The number of carbonyl (C=O) groups excluding carboxylic acids is 1. The Labute approximate surface area is 172 Å². The summed E-state index contributed by atoms with van der Waals surface area (Å²) < 4.78 is 18.7. The van der Waals surface area contributed by atoms with Gasteiger partial charge in [-0.1, -0.05) is 40.3 Å². The zero-order valence-electron chi connectivity index (χ0n) is 19.2. The molecule has 1 aromatic carbocycles. The van der Waals surface area contributed by atoms with E-state index in [4.69, 9.17) is 4.74 Å². The zero-order chi connectivity index (χ0) is 22.1. The Morgan fingerprint density at radius 2 is 1.79 bits per heavy atom. The van der Waals surface area contributed by atoms with Crippen LogP contribution in [0.4, 0.5) is 10.1 Å². The molecule has 0 radical (unpaired) electrons. The van der Waals surface area contributed by atoms with E-state index in [0.717, 1.165) is 37.4 Å². The van der Waals surface area contributed by atoms with Crippen LogP contribution in [0.25, 0.3) is 0 Å². The number of anilines is 1. The highest BCUT2D eigenvalue weighted by atomic mass is 19.1. The molecule has 1 atom stereocenters. The number of hydrogen-bond donors (Lipinski definition) is 1. The van der Waals surface area contributed by atoms with Crippen molar-refractivity contribution in [1.29, 1.82) is 0 Å². The number of benzene rings is 1. The largest absolute Gasteiger partial charge is 0.381 e. The molecule has 0 bridgehead atoms. The number of ether oxygens (including phenoxy) is 1. The van der Waals surface area contributed by atoms with Gasteiger partial charge in [0.1, 0.15) is 5.82 Å². The quantitative estimate of drug-likeness (QED) is 0.533. The van der Waals surface area contributed by atoms with E-state index in [-0.39, 0.29) is 17.8 Å². The Hall–Kier alpha value is -1.88. The summed E-state index contributed by atoms with van der Waals surface area (Å²) in [5, 5.41) is 2.80. The zero-order valence-corrected chi connectivity index (χ0v) is 19.2. The lowest BCUT2D eigenvalue weighted by molar-refractivity contribution is -0.119. The summed E-state index contributed by atoms with van der Waals surface area (Å²) in [7, 11) is 1.84. The number of aryl methyl sites for hydroxylation is 1. The minimum Gasteiger partial charge on any atom is -0.381 e. The molecule has 0 saturated heterocycles. The van der Waals surface area contributed by atoms with Crippen molar-refractivity contribution >= 4 is 11.6 Å². The molecule has 0 aromatic heterocycles. The van der Waals surface area contributed by atoms with Crippen LogP contribution in [0.5, 0.6) is 0 Å². The average Bonchev–Trinajstić information content (AvgIpc) is 2.65. The lowest BCUT2D eigenvalue weighted by Crippen LogP contribution is -2.32. The number of rotatable bonds is 9. The van der Waals surface area contributed by atoms with Gasteiger partial charge in [-0.25, -0.2) is 4.39 Å². The minimum absolute atomic E-state index is 0.00254. The molecule has 1 aromatic rings. The van der Waals surface area contributed by atoms with E-state index in [9.17, 15) is 9.18 Å². The predicted octanol–water partition coefficient (Wildman–Crippen LogP) is 5.85. The van der Waals surface area contributed by atoms with Crippen molar-refractivity contribution in [3.05, 3.63) is 41.9 Å². The topological polar surface area (TPSA) is 41.6 Å². The van der Waals surface area contributed by atoms with Gasteiger partial charge in [0.05, 0.1) is 0 Å². The maximum absolute atomic E-state index is 13.5. The maximum atomic E-state index is 13.5. The van der Waals surface area contributed by atoms with Gasteiger partial charge >= 0.3 is 0 Å². The SMILES string of the molecule is C=C(CC(C)NC(C)=O)N(C)c1ccc(C)c(F)c1.CC.CCCOCCC. The molecule has 4 nitrogen and oxygen atoms in total. The smallest absolute Gasteiger partial charge is 0.217 e. The summed E-state index contributed by atoms with van der Waals surface area (Å²) >= 11 is 0. The number of nitrogens with one attached hydrogen (secondary N) is 1. The number of nitrogens with zero attached hydrogens (tertiary/aromatic N) is 1. The molecule has 0 aliphatic carbocycles. The molecule has 1 N–H and O–H groups in total. The number of halogens is 1. The van der Waals surface area contributed by atoms with Crippen molar-refractivity contribution < 1.29 is 13.9 Å².